The number of hydrogen-bond donors (Lipinski definition) is 2. The van der Waals surface area contributed by atoms with Gasteiger partial charge in [0.1, 0.15) is 5.82 Å². The summed E-state index contributed by atoms with van der Waals surface area (Å²) >= 11 is 5.54. The lowest BCUT2D eigenvalue weighted by Crippen LogP contribution is -2.40. The van der Waals surface area contributed by atoms with E-state index in [2.05, 4.69) is 5.32 Å². The molecule has 0 bridgehead atoms. The van der Waals surface area contributed by atoms with E-state index in [4.69, 9.17) is 17.3 Å². The maximum Gasteiger partial charge on any atom is 0.241 e. The van der Waals surface area contributed by atoms with Gasteiger partial charge in [-0.25, -0.2) is 4.39 Å². The maximum atomic E-state index is 13.1. The quantitative estimate of drug-likeness (QED) is 0.896. The van der Waals surface area contributed by atoms with Crippen LogP contribution in [0.4, 0.5) is 10.1 Å². The van der Waals surface area contributed by atoms with Gasteiger partial charge in [-0.15, -0.1) is 12.4 Å². The first kappa shape index (κ1) is 17.2. The van der Waals surface area contributed by atoms with Crippen LogP contribution in [-0.4, -0.2) is 11.9 Å². The van der Waals surface area contributed by atoms with Crippen molar-refractivity contribution < 1.29 is 9.18 Å². The molecule has 1 amide bonds. The van der Waals surface area contributed by atoms with Crippen molar-refractivity contribution in [3.8, 4) is 0 Å². The van der Waals surface area contributed by atoms with Crippen LogP contribution in [0.3, 0.4) is 0 Å². The Morgan fingerprint density at radius 1 is 1.56 bits per heavy atom. The topological polar surface area (TPSA) is 55.1 Å². The van der Waals surface area contributed by atoms with E-state index < -0.39 is 11.9 Å². The minimum atomic E-state index is -0.598. The number of nitrogens with two attached hydrogens (primary N) is 1. The van der Waals surface area contributed by atoms with Gasteiger partial charge in [0.05, 0.1) is 11.1 Å². The third kappa shape index (κ3) is 4.44. The fourth-order valence-electron chi connectivity index (χ4n) is 1.31. The van der Waals surface area contributed by atoms with Crippen molar-refractivity contribution in [3.63, 3.8) is 0 Å². The predicted octanol–water partition coefficient (Wildman–Crippen LogP) is 3.21. The number of carbonyl (C=O) groups excluding carboxylic acids is 1. The van der Waals surface area contributed by atoms with Gasteiger partial charge in [-0.2, -0.15) is 0 Å². The van der Waals surface area contributed by atoms with E-state index in [1.807, 2.05) is 13.8 Å². The molecule has 0 heterocycles. The van der Waals surface area contributed by atoms with Crippen molar-refractivity contribution in [2.45, 2.75) is 26.3 Å². The van der Waals surface area contributed by atoms with Gasteiger partial charge in [-0.1, -0.05) is 31.9 Å². The highest BCUT2D eigenvalue weighted by atomic mass is 35.5. The minimum absolute atomic E-state index is 0. The number of anilines is 1. The van der Waals surface area contributed by atoms with Gasteiger partial charge in [0.25, 0.3) is 0 Å². The SMILES string of the molecule is CCC(C)C(N)C(=O)Nc1ccc(Cl)c(F)c1.Cl. The first-order valence-electron chi connectivity index (χ1n) is 5.47. The summed E-state index contributed by atoms with van der Waals surface area (Å²) in [7, 11) is 0. The molecule has 1 rings (SSSR count). The van der Waals surface area contributed by atoms with Gasteiger partial charge in [0, 0.05) is 5.69 Å². The Morgan fingerprint density at radius 2 is 2.17 bits per heavy atom. The Balaban J connectivity index is 0.00000289. The third-order valence-corrected chi connectivity index (χ3v) is 3.05. The van der Waals surface area contributed by atoms with Crippen LogP contribution < -0.4 is 11.1 Å². The molecule has 18 heavy (non-hydrogen) atoms. The van der Waals surface area contributed by atoms with Crippen LogP contribution in [0.2, 0.25) is 5.02 Å². The van der Waals surface area contributed by atoms with Crippen LogP contribution in [-0.2, 0) is 4.79 Å². The lowest BCUT2D eigenvalue weighted by atomic mass is 9.99. The summed E-state index contributed by atoms with van der Waals surface area (Å²) in [5.41, 5.74) is 6.11. The number of rotatable bonds is 4. The zero-order valence-electron chi connectivity index (χ0n) is 10.2. The summed E-state index contributed by atoms with van der Waals surface area (Å²) < 4.78 is 13.1. The number of amides is 1. The molecule has 6 heteroatoms. The van der Waals surface area contributed by atoms with E-state index in [9.17, 15) is 9.18 Å². The summed E-state index contributed by atoms with van der Waals surface area (Å²) in [5.74, 6) is -0.810. The number of hydrogen-bond acceptors (Lipinski definition) is 2. The highest BCUT2D eigenvalue weighted by Gasteiger charge is 2.19. The number of halogens is 3. The van der Waals surface area contributed by atoms with Crippen molar-refractivity contribution in [3.05, 3.63) is 29.0 Å². The van der Waals surface area contributed by atoms with Gasteiger partial charge in [0.2, 0.25) is 5.91 Å². The van der Waals surface area contributed by atoms with Crippen LogP contribution in [0.5, 0.6) is 0 Å². The molecule has 2 atom stereocenters. The molecule has 0 aliphatic rings. The zero-order valence-corrected chi connectivity index (χ0v) is 11.8. The lowest BCUT2D eigenvalue weighted by Gasteiger charge is -2.17. The van der Waals surface area contributed by atoms with Crippen LogP contribution >= 0.6 is 24.0 Å². The number of carbonyl (C=O) groups is 1. The average molecular weight is 295 g/mol. The van der Waals surface area contributed by atoms with Crippen molar-refractivity contribution in [2.75, 3.05) is 5.32 Å². The number of benzene rings is 1. The van der Waals surface area contributed by atoms with E-state index >= 15 is 0 Å². The molecule has 0 aliphatic carbocycles. The summed E-state index contributed by atoms with van der Waals surface area (Å²) in [5, 5.41) is 2.58. The molecule has 0 aliphatic heterocycles. The molecular weight excluding hydrogens is 278 g/mol. The Morgan fingerprint density at radius 3 is 2.67 bits per heavy atom. The molecule has 1 aromatic carbocycles. The standard InChI is InChI=1S/C12H16ClFN2O.ClH/c1-3-7(2)11(15)12(17)16-8-4-5-9(13)10(14)6-8;/h4-7,11H,3,15H2,1-2H3,(H,16,17);1H. The van der Waals surface area contributed by atoms with Crippen LogP contribution in [0, 0.1) is 11.7 Å². The van der Waals surface area contributed by atoms with E-state index in [0.717, 1.165) is 6.42 Å². The van der Waals surface area contributed by atoms with E-state index in [1.165, 1.54) is 18.2 Å². The first-order chi connectivity index (χ1) is 7.95. The summed E-state index contributed by atoms with van der Waals surface area (Å²) in [6, 6.07) is 3.50. The van der Waals surface area contributed by atoms with Gasteiger partial charge in [0.15, 0.2) is 0 Å². The highest BCUT2D eigenvalue weighted by Crippen LogP contribution is 2.19. The third-order valence-electron chi connectivity index (χ3n) is 2.75. The summed E-state index contributed by atoms with van der Waals surface area (Å²) in [6.45, 7) is 3.85. The lowest BCUT2D eigenvalue weighted by molar-refractivity contribution is -0.118. The second kappa shape index (κ2) is 7.56. The fourth-order valence-corrected chi connectivity index (χ4v) is 1.43. The molecule has 0 spiro atoms. The number of nitrogens with one attached hydrogen (secondary N) is 1. The molecule has 0 radical (unpaired) electrons. The molecule has 0 saturated heterocycles. The highest BCUT2D eigenvalue weighted by molar-refractivity contribution is 6.30. The molecule has 3 N–H and O–H groups in total. The first-order valence-corrected chi connectivity index (χ1v) is 5.85. The zero-order chi connectivity index (χ0) is 13.0. The molecule has 2 unspecified atom stereocenters. The van der Waals surface area contributed by atoms with Gasteiger partial charge in [-0.05, 0) is 24.1 Å². The minimum Gasteiger partial charge on any atom is -0.325 e. The Hall–Kier alpha value is -0.840. The van der Waals surface area contributed by atoms with E-state index in [-0.39, 0.29) is 29.3 Å². The molecule has 3 nitrogen and oxygen atoms in total. The Bertz CT molecular complexity index is 415. The molecule has 0 fully saturated rings. The van der Waals surface area contributed by atoms with Crippen molar-refractivity contribution in [1.29, 1.82) is 0 Å². The summed E-state index contributed by atoms with van der Waals surface area (Å²) in [4.78, 5) is 11.7. The molecule has 102 valence electrons. The van der Waals surface area contributed by atoms with Gasteiger partial charge < -0.3 is 11.1 Å². The predicted molar refractivity (Wildman–Crippen MR) is 74.7 cm³/mol. The second-order valence-electron chi connectivity index (χ2n) is 4.03. The van der Waals surface area contributed by atoms with Crippen molar-refractivity contribution in [2.24, 2.45) is 11.7 Å². The molecule has 1 aromatic rings. The molecular formula is C12H17Cl2FN2O. The second-order valence-corrected chi connectivity index (χ2v) is 4.44. The largest absolute Gasteiger partial charge is 0.325 e. The molecule has 0 aromatic heterocycles. The molecule has 0 saturated carbocycles. The van der Waals surface area contributed by atoms with Gasteiger partial charge in [-0.3, -0.25) is 4.79 Å². The van der Waals surface area contributed by atoms with Gasteiger partial charge >= 0.3 is 0 Å². The van der Waals surface area contributed by atoms with Crippen LogP contribution in [0.1, 0.15) is 20.3 Å². The average Bonchev–Trinajstić information content (AvgIpc) is 2.31. The summed E-state index contributed by atoms with van der Waals surface area (Å²) in [6.07, 6.45) is 0.809. The normalized spacial score (nSPS) is 13.4. The van der Waals surface area contributed by atoms with E-state index in [0.29, 0.717) is 5.69 Å². The smallest absolute Gasteiger partial charge is 0.241 e. The van der Waals surface area contributed by atoms with Crippen LogP contribution in [0.15, 0.2) is 18.2 Å². The van der Waals surface area contributed by atoms with Crippen LogP contribution in [0.25, 0.3) is 0 Å². The maximum absolute atomic E-state index is 13.1. The van der Waals surface area contributed by atoms with Crippen molar-refractivity contribution in [1.82, 2.24) is 0 Å². The fraction of sp³-hybridized carbons (Fsp3) is 0.417. The van der Waals surface area contributed by atoms with Crippen molar-refractivity contribution >= 4 is 35.6 Å². The Labute approximate surface area is 117 Å². The van der Waals surface area contributed by atoms with E-state index in [1.54, 1.807) is 0 Å². The Kier molecular flexibility index (Phi) is 7.21. The monoisotopic (exact) mass is 294 g/mol.